The summed E-state index contributed by atoms with van der Waals surface area (Å²) in [5.74, 6) is 0. The Labute approximate surface area is 61.4 Å². The van der Waals surface area contributed by atoms with E-state index >= 15 is 0 Å². The van der Waals surface area contributed by atoms with E-state index in [-0.39, 0.29) is 0 Å². The number of dihydropyridines is 1. The summed E-state index contributed by atoms with van der Waals surface area (Å²) in [6, 6.07) is 0.363. The Hall–Kier alpha value is -1.05. The van der Waals surface area contributed by atoms with E-state index in [0.29, 0.717) is 6.04 Å². The van der Waals surface area contributed by atoms with Gasteiger partial charge in [0, 0.05) is 0 Å². The molecule has 10 heavy (non-hydrogen) atoms. The van der Waals surface area contributed by atoms with Gasteiger partial charge in [-0.1, -0.05) is 6.92 Å². The molecule has 0 aromatic rings. The third-order valence-electron chi connectivity index (χ3n) is 1.61. The number of rotatable bonds is 2. The Morgan fingerprint density at radius 1 is 1.80 bits per heavy atom. The van der Waals surface area contributed by atoms with Gasteiger partial charge in [-0.3, -0.25) is 4.99 Å². The van der Waals surface area contributed by atoms with Crippen molar-refractivity contribution < 1.29 is 0 Å². The SMILES string of the molecule is C=NC1=CC=CNC1CC. The van der Waals surface area contributed by atoms with E-state index in [0.717, 1.165) is 12.1 Å². The van der Waals surface area contributed by atoms with E-state index < -0.39 is 0 Å². The maximum absolute atomic E-state index is 3.90. The molecule has 0 fully saturated rings. The Kier molecular flexibility index (Phi) is 2.26. The van der Waals surface area contributed by atoms with Crippen LogP contribution in [0.1, 0.15) is 13.3 Å². The van der Waals surface area contributed by atoms with Gasteiger partial charge in [-0.15, -0.1) is 0 Å². The van der Waals surface area contributed by atoms with E-state index in [1.54, 1.807) is 0 Å². The summed E-state index contributed by atoms with van der Waals surface area (Å²) in [5.41, 5.74) is 1.03. The van der Waals surface area contributed by atoms with Gasteiger partial charge in [0.1, 0.15) is 0 Å². The fraction of sp³-hybridized carbons (Fsp3) is 0.375. The largest absolute Gasteiger partial charge is 0.383 e. The second-order valence-electron chi connectivity index (χ2n) is 2.24. The average molecular weight is 136 g/mol. The second kappa shape index (κ2) is 3.20. The molecule has 1 rings (SSSR count). The molecule has 2 heteroatoms. The van der Waals surface area contributed by atoms with Gasteiger partial charge in [-0.2, -0.15) is 0 Å². The van der Waals surface area contributed by atoms with Crippen molar-refractivity contribution in [1.82, 2.24) is 5.32 Å². The van der Waals surface area contributed by atoms with Crippen molar-refractivity contribution in [2.24, 2.45) is 4.99 Å². The van der Waals surface area contributed by atoms with Gasteiger partial charge in [-0.25, -0.2) is 0 Å². The van der Waals surface area contributed by atoms with Crippen LogP contribution in [0.2, 0.25) is 0 Å². The third-order valence-corrected chi connectivity index (χ3v) is 1.61. The van der Waals surface area contributed by atoms with Gasteiger partial charge in [0.15, 0.2) is 0 Å². The number of hydrogen-bond acceptors (Lipinski definition) is 2. The zero-order valence-corrected chi connectivity index (χ0v) is 6.17. The highest BCUT2D eigenvalue weighted by Crippen LogP contribution is 2.10. The highest BCUT2D eigenvalue weighted by Gasteiger charge is 2.09. The number of nitrogens with zero attached hydrogens (tertiary/aromatic N) is 1. The first-order chi connectivity index (χ1) is 4.88. The minimum Gasteiger partial charge on any atom is -0.383 e. The maximum Gasteiger partial charge on any atom is 0.0676 e. The van der Waals surface area contributed by atoms with Crippen LogP contribution in [0, 0.1) is 0 Å². The topological polar surface area (TPSA) is 24.4 Å². The molecule has 54 valence electrons. The average Bonchev–Trinajstić information content (AvgIpc) is 2.04. The minimum absolute atomic E-state index is 0.363. The highest BCUT2D eigenvalue weighted by atomic mass is 14.9. The van der Waals surface area contributed by atoms with Crippen LogP contribution in [0.5, 0.6) is 0 Å². The molecule has 0 saturated heterocycles. The van der Waals surface area contributed by atoms with Crippen molar-refractivity contribution in [2.75, 3.05) is 0 Å². The van der Waals surface area contributed by atoms with E-state index in [1.165, 1.54) is 0 Å². The fourth-order valence-corrected chi connectivity index (χ4v) is 1.01. The number of allylic oxidation sites excluding steroid dienone is 2. The molecule has 0 bridgehead atoms. The number of nitrogens with one attached hydrogen (secondary N) is 1. The molecule has 1 N–H and O–H groups in total. The molecule has 0 amide bonds. The Balaban J connectivity index is 2.70. The standard InChI is InChI=1S/C8H12N2/c1-3-7-8(9-2)5-4-6-10-7/h4-7,10H,2-3H2,1H3. The van der Waals surface area contributed by atoms with Crippen LogP contribution in [0.15, 0.2) is 29.0 Å². The van der Waals surface area contributed by atoms with E-state index in [9.17, 15) is 0 Å². The van der Waals surface area contributed by atoms with Gasteiger partial charge in [-0.05, 0) is 31.5 Å². The van der Waals surface area contributed by atoms with Gasteiger partial charge >= 0.3 is 0 Å². The molecule has 1 unspecified atom stereocenters. The molecule has 0 saturated carbocycles. The first-order valence-electron chi connectivity index (χ1n) is 3.48. The lowest BCUT2D eigenvalue weighted by atomic mass is 10.1. The molecule has 0 aromatic carbocycles. The molecule has 1 aliphatic heterocycles. The molecule has 0 aliphatic carbocycles. The summed E-state index contributed by atoms with van der Waals surface area (Å²) in [6.07, 6.45) is 6.91. The van der Waals surface area contributed by atoms with Crippen molar-refractivity contribution >= 4 is 6.72 Å². The molecule has 1 aliphatic rings. The van der Waals surface area contributed by atoms with Gasteiger partial charge in [0.25, 0.3) is 0 Å². The van der Waals surface area contributed by atoms with Crippen LogP contribution >= 0.6 is 0 Å². The van der Waals surface area contributed by atoms with Crippen LogP contribution in [0.3, 0.4) is 0 Å². The summed E-state index contributed by atoms with van der Waals surface area (Å²) in [7, 11) is 0. The predicted molar refractivity (Wildman–Crippen MR) is 44.0 cm³/mol. The van der Waals surface area contributed by atoms with Crippen molar-refractivity contribution in [3.63, 3.8) is 0 Å². The highest BCUT2D eigenvalue weighted by molar-refractivity contribution is 5.33. The summed E-state index contributed by atoms with van der Waals surface area (Å²) in [4.78, 5) is 3.90. The van der Waals surface area contributed by atoms with E-state index in [2.05, 4.69) is 24.0 Å². The monoisotopic (exact) mass is 136 g/mol. The second-order valence-corrected chi connectivity index (χ2v) is 2.24. The summed E-state index contributed by atoms with van der Waals surface area (Å²) in [6.45, 7) is 5.61. The Morgan fingerprint density at radius 3 is 3.10 bits per heavy atom. The molecule has 0 spiro atoms. The molecule has 1 atom stereocenters. The fourth-order valence-electron chi connectivity index (χ4n) is 1.01. The van der Waals surface area contributed by atoms with Crippen molar-refractivity contribution in [3.05, 3.63) is 24.0 Å². The van der Waals surface area contributed by atoms with Crippen molar-refractivity contribution in [1.29, 1.82) is 0 Å². The van der Waals surface area contributed by atoms with Crippen LogP contribution in [-0.4, -0.2) is 12.8 Å². The summed E-state index contributed by atoms with van der Waals surface area (Å²) < 4.78 is 0. The molecule has 0 aromatic heterocycles. The zero-order chi connectivity index (χ0) is 7.40. The Morgan fingerprint density at radius 2 is 2.60 bits per heavy atom. The minimum atomic E-state index is 0.363. The van der Waals surface area contributed by atoms with Crippen LogP contribution in [0.4, 0.5) is 0 Å². The smallest absolute Gasteiger partial charge is 0.0676 e. The first kappa shape index (κ1) is 7.06. The maximum atomic E-state index is 3.90. The first-order valence-corrected chi connectivity index (χ1v) is 3.48. The van der Waals surface area contributed by atoms with Gasteiger partial charge in [0.05, 0.1) is 11.7 Å². The van der Waals surface area contributed by atoms with Gasteiger partial charge < -0.3 is 5.32 Å². The number of hydrogen-bond donors (Lipinski definition) is 1. The summed E-state index contributed by atoms with van der Waals surface area (Å²) >= 11 is 0. The van der Waals surface area contributed by atoms with E-state index in [1.807, 2.05) is 18.4 Å². The molecule has 1 heterocycles. The van der Waals surface area contributed by atoms with E-state index in [4.69, 9.17) is 0 Å². The van der Waals surface area contributed by atoms with Crippen LogP contribution in [0.25, 0.3) is 0 Å². The Bertz CT molecular complexity index is 180. The zero-order valence-electron chi connectivity index (χ0n) is 6.17. The lowest BCUT2D eigenvalue weighted by Crippen LogP contribution is -2.26. The molecule has 2 nitrogen and oxygen atoms in total. The quantitative estimate of drug-likeness (QED) is 0.571. The molecular formula is C8H12N2. The van der Waals surface area contributed by atoms with Crippen molar-refractivity contribution in [2.45, 2.75) is 19.4 Å². The van der Waals surface area contributed by atoms with Crippen LogP contribution in [-0.2, 0) is 0 Å². The molecule has 0 radical (unpaired) electrons. The lowest BCUT2D eigenvalue weighted by Gasteiger charge is -2.17. The molecular weight excluding hydrogens is 124 g/mol. The van der Waals surface area contributed by atoms with Crippen molar-refractivity contribution in [3.8, 4) is 0 Å². The van der Waals surface area contributed by atoms with Gasteiger partial charge in [0.2, 0.25) is 0 Å². The lowest BCUT2D eigenvalue weighted by molar-refractivity contribution is 0.631. The normalized spacial score (nSPS) is 23.3. The third kappa shape index (κ3) is 1.26. The number of aliphatic imine (C=N–C) groups is 1. The summed E-state index contributed by atoms with van der Waals surface area (Å²) in [5, 5.41) is 3.19. The van der Waals surface area contributed by atoms with Crippen LogP contribution < -0.4 is 5.32 Å². The predicted octanol–water partition coefficient (Wildman–Crippen LogP) is 1.47.